The van der Waals surface area contributed by atoms with Gasteiger partial charge in [-0.1, -0.05) is 15.9 Å². The second kappa shape index (κ2) is 6.20. The smallest absolute Gasteiger partial charge is 0.255 e. The van der Waals surface area contributed by atoms with Gasteiger partial charge in [0.15, 0.2) is 0 Å². The molecule has 0 saturated carbocycles. The van der Waals surface area contributed by atoms with Crippen LogP contribution in [0.2, 0.25) is 0 Å². The maximum atomic E-state index is 11.9. The molecular formula is C13H16BrNO3. The first kappa shape index (κ1) is 13.4. The molecule has 0 spiro atoms. The fraction of sp³-hybridized carbons (Fsp3) is 0.462. The predicted molar refractivity (Wildman–Crippen MR) is 71.7 cm³/mol. The Morgan fingerprint density at radius 3 is 3.00 bits per heavy atom. The largest absolute Gasteiger partial charge is 0.507 e. The second-order valence-electron chi connectivity index (χ2n) is 4.36. The van der Waals surface area contributed by atoms with E-state index in [9.17, 15) is 9.90 Å². The Morgan fingerprint density at radius 1 is 1.50 bits per heavy atom. The monoisotopic (exact) mass is 313 g/mol. The highest BCUT2D eigenvalue weighted by Gasteiger charge is 2.16. The number of phenolic OH excluding ortho intramolecular Hbond substituents is 1. The van der Waals surface area contributed by atoms with Gasteiger partial charge in [0.1, 0.15) is 5.75 Å². The number of carbonyl (C=O) groups is 1. The number of aromatic hydroxyl groups is 1. The number of ether oxygens (including phenoxy) is 1. The minimum absolute atomic E-state index is 0.0218. The summed E-state index contributed by atoms with van der Waals surface area (Å²) in [5, 5.41) is 12.5. The summed E-state index contributed by atoms with van der Waals surface area (Å²) in [6.45, 7) is 1.26. The van der Waals surface area contributed by atoms with Crippen LogP contribution in [0.4, 0.5) is 0 Å². The fourth-order valence-corrected chi connectivity index (χ4v) is 2.32. The Bertz CT molecular complexity index is 430. The van der Waals surface area contributed by atoms with Crippen LogP contribution in [0.5, 0.6) is 5.75 Å². The molecule has 0 aromatic heterocycles. The summed E-state index contributed by atoms with van der Waals surface area (Å²) < 4.78 is 6.27. The van der Waals surface area contributed by atoms with Crippen LogP contribution < -0.4 is 5.32 Å². The lowest BCUT2D eigenvalue weighted by Gasteiger charge is -2.22. The third kappa shape index (κ3) is 3.46. The van der Waals surface area contributed by atoms with Gasteiger partial charge < -0.3 is 15.2 Å². The van der Waals surface area contributed by atoms with E-state index in [0.29, 0.717) is 6.54 Å². The number of hydrogen-bond acceptors (Lipinski definition) is 3. The molecule has 2 N–H and O–H groups in total. The third-order valence-corrected chi connectivity index (χ3v) is 3.46. The van der Waals surface area contributed by atoms with Gasteiger partial charge >= 0.3 is 0 Å². The van der Waals surface area contributed by atoms with Gasteiger partial charge in [0.25, 0.3) is 5.91 Å². The third-order valence-electron chi connectivity index (χ3n) is 2.97. The first-order chi connectivity index (χ1) is 8.66. The first-order valence-electron chi connectivity index (χ1n) is 6.05. The molecule has 1 aliphatic rings. The van der Waals surface area contributed by atoms with Gasteiger partial charge in [0, 0.05) is 17.6 Å². The van der Waals surface area contributed by atoms with Crippen molar-refractivity contribution in [3.05, 3.63) is 28.2 Å². The molecule has 1 saturated heterocycles. The standard InChI is InChI=1S/C13H16BrNO3/c14-9-4-5-11(12(16)7-9)13(17)15-8-10-3-1-2-6-18-10/h4-5,7,10,16H,1-3,6,8H2,(H,15,17). The number of benzene rings is 1. The van der Waals surface area contributed by atoms with E-state index in [4.69, 9.17) is 4.74 Å². The summed E-state index contributed by atoms with van der Waals surface area (Å²) in [5.41, 5.74) is 0.286. The molecule has 1 aromatic rings. The van der Waals surface area contributed by atoms with Gasteiger partial charge in [-0.05, 0) is 37.5 Å². The Kier molecular flexibility index (Phi) is 4.60. The molecule has 5 heteroatoms. The SMILES string of the molecule is O=C(NCC1CCCCO1)c1ccc(Br)cc1O. The highest BCUT2D eigenvalue weighted by molar-refractivity contribution is 9.10. The molecule has 0 radical (unpaired) electrons. The van der Waals surface area contributed by atoms with Crippen LogP contribution in [-0.2, 0) is 4.74 Å². The van der Waals surface area contributed by atoms with E-state index in [0.717, 1.165) is 30.3 Å². The molecule has 1 heterocycles. The topological polar surface area (TPSA) is 58.6 Å². The number of carbonyl (C=O) groups excluding carboxylic acids is 1. The molecule has 1 unspecified atom stereocenters. The Morgan fingerprint density at radius 2 is 2.33 bits per heavy atom. The molecule has 1 aromatic carbocycles. The number of nitrogens with one attached hydrogen (secondary N) is 1. The highest BCUT2D eigenvalue weighted by atomic mass is 79.9. The predicted octanol–water partition coefficient (Wildman–Crippen LogP) is 2.45. The number of phenols is 1. The summed E-state index contributed by atoms with van der Waals surface area (Å²) in [7, 11) is 0. The van der Waals surface area contributed by atoms with Crippen molar-refractivity contribution in [2.24, 2.45) is 0 Å². The summed E-state index contributed by atoms with van der Waals surface area (Å²) in [4.78, 5) is 11.9. The average molecular weight is 314 g/mol. The van der Waals surface area contributed by atoms with Crippen molar-refractivity contribution in [3.8, 4) is 5.75 Å². The van der Waals surface area contributed by atoms with Gasteiger partial charge in [0.05, 0.1) is 11.7 Å². The Labute approximate surface area is 114 Å². The van der Waals surface area contributed by atoms with Gasteiger partial charge in [-0.2, -0.15) is 0 Å². The Balaban J connectivity index is 1.90. The van der Waals surface area contributed by atoms with Crippen LogP contribution in [0.3, 0.4) is 0 Å². The zero-order valence-electron chi connectivity index (χ0n) is 9.99. The Hall–Kier alpha value is -1.07. The van der Waals surface area contributed by atoms with Gasteiger partial charge in [0.2, 0.25) is 0 Å². The normalized spacial score (nSPS) is 19.5. The van der Waals surface area contributed by atoms with Crippen molar-refractivity contribution in [1.82, 2.24) is 5.32 Å². The lowest BCUT2D eigenvalue weighted by molar-refractivity contribution is 0.0169. The van der Waals surface area contributed by atoms with E-state index in [1.807, 2.05) is 0 Å². The van der Waals surface area contributed by atoms with Crippen LogP contribution in [-0.4, -0.2) is 30.3 Å². The van der Waals surface area contributed by atoms with Crippen LogP contribution >= 0.6 is 15.9 Å². The van der Waals surface area contributed by atoms with E-state index >= 15 is 0 Å². The summed E-state index contributed by atoms with van der Waals surface area (Å²) in [5.74, 6) is -0.291. The van der Waals surface area contributed by atoms with Crippen molar-refractivity contribution in [1.29, 1.82) is 0 Å². The van der Waals surface area contributed by atoms with E-state index < -0.39 is 0 Å². The maximum absolute atomic E-state index is 11.9. The number of halogens is 1. The van der Waals surface area contributed by atoms with Crippen molar-refractivity contribution in [3.63, 3.8) is 0 Å². The van der Waals surface area contributed by atoms with Crippen LogP contribution in [0, 0.1) is 0 Å². The van der Waals surface area contributed by atoms with Gasteiger partial charge in [-0.15, -0.1) is 0 Å². The lowest BCUT2D eigenvalue weighted by atomic mass is 10.1. The van der Waals surface area contributed by atoms with Crippen molar-refractivity contribution in [2.75, 3.05) is 13.2 Å². The van der Waals surface area contributed by atoms with Crippen LogP contribution in [0.25, 0.3) is 0 Å². The van der Waals surface area contributed by atoms with Crippen molar-refractivity contribution >= 4 is 21.8 Å². The summed E-state index contributed by atoms with van der Waals surface area (Å²) in [6.07, 6.45) is 3.31. The summed E-state index contributed by atoms with van der Waals surface area (Å²) >= 11 is 3.24. The lowest BCUT2D eigenvalue weighted by Crippen LogP contribution is -2.35. The van der Waals surface area contributed by atoms with E-state index in [1.165, 1.54) is 6.07 Å². The van der Waals surface area contributed by atoms with Crippen molar-refractivity contribution in [2.45, 2.75) is 25.4 Å². The molecule has 18 heavy (non-hydrogen) atoms. The average Bonchev–Trinajstić information content (AvgIpc) is 2.37. The molecule has 1 aliphatic heterocycles. The molecular weight excluding hydrogens is 298 g/mol. The quantitative estimate of drug-likeness (QED) is 0.901. The molecule has 0 aliphatic carbocycles. The second-order valence-corrected chi connectivity index (χ2v) is 5.28. The van der Waals surface area contributed by atoms with Crippen LogP contribution in [0.15, 0.2) is 22.7 Å². The zero-order chi connectivity index (χ0) is 13.0. The van der Waals surface area contributed by atoms with Crippen molar-refractivity contribution < 1.29 is 14.6 Å². The molecule has 98 valence electrons. The molecule has 1 amide bonds. The minimum Gasteiger partial charge on any atom is -0.507 e. The molecule has 4 nitrogen and oxygen atoms in total. The van der Waals surface area contributed by atoms with Crippen LogP contribution in [0.1, 0.15) is 29.6 Å². The molecule has 0 bridgehead atoms. The van der Waals surface area contributed by atoms with Gasteiger partial charge in [-0.25, -0.2) is 0 Å². The molecule has 1 atom stereocenters. The van der Waals surface area contributed by atoms with Gasteiger partial charge in [-0.3, -0.25) is 4.79 Å². The molecule has 2 rings (SSSR count). The fourth-order valence-electron chi connectivity index (χ4n) is 1.97. The number of amides is 1. The molecule has 1 fully saturated rings. The first-order valence-corrected chi connectivity index (χ1v) is 6.84. The summed E-state index contributed by atoms with van der Waals surface area (Å²) in [6, 6.07) is 4.83. The maximum Gasteiger partial charge on any atom is 0.255 e. The number of rotatable bonds is 3. The van der Waals surface area contributed by atoms with E-state index in [2.05, 4.69) is 21.2 Å². The highest BCUT2D eigenvalue weighted by Crippen LogP contribution is 2.22. The number of hydrogen-bond donors (Lipinski definition) is 2. The minimum atomic E-state index is -0.269. The zero-order valence-corrected chi connectivity index (χ0v) is 11.6. The van der Waals surface area contributed by atoms with E-state index in [1.54, 1.807) is 12.1 Å². The van der Waals surface area contributed by atoms with E-state index in [-0.39, 0.29) is 23.3 Å².